The van der Waals surface area contributed by atoms with Crippen LogP contribution in [0.1, 0.15) is 47.0 Å². The Bertz CT molecular complexity index is 540. The van der Waals surface area contributed by atoms with Crippen molar-refractivity contribution in [1.29, 1.82) is 0 Å². The smallest absolute Gasteiger partial charge is 0.399 e. The maximum atomic E-state index is 6.23. The number of nitrogens with zero attached hydrogens (tertiary/aromatic N) is 1. The quantitative estimate of drug-likeness (QED) is 0.547. The molecule has 0 aromatic heterocycles. The summed E-state index contributed by atoms with van der Waals surface area (Å²) >= 11 is 2.38. The lowest BCUT2D eigenvalue weighted by molar-refractivity contribution is 0.00578. The summed E-state index contributed by atoms with van der Waals surface area (Å²) in [6.07, 6.45) is 3.93. The van der Waals surface area contributed by atoms with Crippen molar-refractivity contribution in [1.82, 2.24) is 0 Å². The van der Waals surface area contributed by atoms with Gasteiger partial charge >= 0.3 is 7.12 Å². The summed E-state index contributed by atoms with van der Waals surface area (Å²) in [6.45, 7) is 10.7. The zero-order valence-corrected chi connectivity index (χ0v) is 16.1. The Morgan fingerprint density at radius 1 is 1.00 bits per heavy atom. The van der Waals surface area contributed by atoms with E-state index < -0.39 is 0 Å². The molecule has 2 fully saturated rings. The molecule has 2 aliphatic rings. The third-order valence-corrected chi connectivity index (χ3v) is 6.19. The van der Waals surface area contributed by atoms with Crippen molar-refractivity contribution in [3.8, 4) is 0 Å². The van der Waals surface area contributed by atoms with Crippen LogP contribution in [-0.2, 0) is 9.31 Å². The summed E-state index contributed by atoms with van der Waals surface area (Å²) in [4.78, 5) is 2.48. The molecular weight excluding hydrogens is 388 g/mol. The molecule has 5 heteroatoms. The number of piperidine rings is 1. The van der Waals surface area contributed by atoms with Gasteiger partial charge < -0.3 is 14.2 Å². The Labute approximate surface area is 148 Å². The van der Waals surface area contributed by atoms with E-state index in [1.807, 2.05) is 0 Å². The van der Waals surface area contributed by atoms with Crippen molar-refractivity contribution < 1.29 is 9.31 Å². The van der Waals surface area contributed by atoms with Crippen LogP contribution in [0.4, 0.5) is 5.69 Å². The summed E-state index contributed by atoms with van der Waals surface area (Å²) in [5.41, 5.74) is 1.87. The van der Waals surface area contributed by atoms with Crippen molar-refractivity contribution in [2.75, 3.05) is 18.0 Å². The van der Waals surface area contributed by atoms with E-state index >= 15 is 0 Å². The van der Waals surface area contributed by atoms with Gasteiger partial charge in [0, 0.05) is 22.3 Å². The molecule has 0 unspecified atom stereocenters. The molecule has 0 radical (unpaired) electrons. The van der Waals surface area contributed by atoms with E-state index in [9.17, 15) is 0 Å². The number of benzene rings is 1. The second-order valence-corrected chi connectivity index (χ2v) is 8.50. The SMILES string of the molecule is CC1(C)OB(c2cc(N3CCCCC3)ccc2I)OC1(C)C. The van der Waals surface area contributed by atoms with Crippen molar-refractivity contribution in [3.05, 3.63) is 21.8 Å². The molecular formula is C17H25BINO2. The average Bonchev–Trinajstić information content (AvgIpc) is 2.69. The summed E-state index contributed by atoms with van der Waals surface area (Å²) in [5, 5.41) is 0. The van der Waals surface area contributed by atoms with E-state index in [1.54, 1.807) is 0 Å². The van der Waals surface area contributed by atoms with Gasteiger partial charge in [0.05, 0.1) is 11.2 Å². The Hall–Kier alpha value is -0.265. The lowest BCUT2D eigenvalue weighted by Crippen LogP contribution is -2.41. The minimum absolute atomic E-state index is 0.276. The van der Waals surface area contributed by atoms with E-state index in [2.05, 4.69) is 73.4 Å². The van der Waals surface area contributed by atoms with E-state index in [-0.39, 0.29) is 18.3 Å². The van der Waals surface area contributed by atoms with Gasteiger partial charge in [0.25, 0.3) is 0 Å². The van der Waals surface area contributed by atoms with E-state index in [1.165, 1.54) is 28.5 Å². The normalized spacial score (nSPS) is 23.9. The molecule has 0 amide bonds. The lowest BCUT2D eigenvalue weighted by atomic mass is 9.79. The van der Waals surface area contributed by atoms with Crippen LogP contribution in [0, 0.1) is 3.57 Å². The topological polar surface area (TPSA) is 21.7 Å². The highest BCUT2D eigenvalue weighted by atomic mass is 127. The summed E-state index contributed by atoms with van der Waals surface area (Å²) in [7, 11) is -0.276. The molecule has 0 N–H and O–H groups in total. The van der Waals surface area contributed by atoms with Crippen LogP contribution in [0.3, 0.4) is 0 Å². The molecule has 3 nitrogen and oxygen atoms in total. The molecule has 120 valence electrons. The Morgan fingerprint density at radius 2 is 1.59 bits per heavy atom. The second kappa shape index (κ2) is 5.98. The van der Waals surface area contributed by atoms with Gasteiger partial charge in [-0.1, -0.05) is 0 Å². The number of rotatable bonds is 2. The van der Waals surface area contributed by atoms with E-state index in [4.69, 9.17) is 9.31 Å². The van der Waals surface area contributed by atoms with Gasteiger partial charge in [0.1, 0.15) is 0 Å². The number of hydrogen-bond acceptors (Lipinski definition) is 3. The molecule has 0 bridgehead atoms. The summed E-state index contributed by atoms with van der Waals surface area (Å²) in [5.74, 6) is 0. The predicted octanol–water partition coefficient (Wildman–Crippen LogP) is 3.58. The lowest BCUT2D eigenvalue weighted by Gasteiger charge is -2.32. The second-order valence-electron chi connectivity index (χ2n) is 7.34. The minimum atomic E-state index is -0.290. The van der Waals surface area contributed by atoms with Gasteiger partial charge in [-0.05, 0) is 93.2 Å². The van der Waals surface area contributed by atoms with Crippen LogP contribution >= 0.6 is 22.6 Å². The molecule has 1 aromatic rings. The zero-order valence-electron chi connectivity index (χ0n) is 14.0. The summed E-state index contributed by atoms with van der Waals surface area (Å²) < 4.78 is 13.7. The minimum Gasteiger partial charge on any atom is -0.399 e. The molecule has 3 rings (SSSR count). The van der Waals surface area contributed by atoms with Gasteiger partial charge in [-0.2, -0.15) is 0 Å². The zero-order chi connectivity index (χ0) is 16.0. The molecule has 0 aliphatic carbocycles. The third-order valence-electron chi connectivity index (χ3n) is 5.21. The number of hydrogen-bond donors (Lipinski definition) is 0. The fourth-order valence-corrected chi connectivity index (χ4v) is 3.62. The number of anilines is 1. The van der Waals surface area contributed by atoms with Gasteiger partial charge in [0.15, 0.2) is 0 Å². The fourth-order valence-electron chi connectivity index (χ4n) is 3.03. The molecule has 2 heterocycles. The van der Waals surface area contributed by atoms with E-state index in [0.29, 0.717) is 0 Å². The largest absolute Gasteiger partial charge is 0.496 e. The standard InChI is InChI=1S/C17H25BINO2/c1-16(2)17(3,4)22-18(21-16)14-12-13(8-9-15(14)19)20-10-6-5-7-11-20/h8-9,12H,5-7,10-11H2,1-4H3. The van der Waals surface area contributed by atoms with Gasteiger partial charge in [-0.15, -0.1) is 0 Å². The van der Waals surface area contributed by atoms with E-state index in [0.717, 1.165) is 18.6 Å². The Morgan fingerprint density at radius 3 is 2.18 bits per heavy atom. The highest BCUT2D eigenvalue weighted by molar-refractivity contribution is 14.1. The molecule has 0 spiro atoms. The van der Waals surface area contributed by atoms with Crippen molar-refractivity contribution in [3.63, 3.8) is 0 Å². The highest BCUT2D eigenvalue weighted by Crippen LogP contribution is 2.37. The molecule has 22 heavy (non-hydrogen) atoms. The molecule has 2 aliphatic heterocycles. The van der Waals surface area contributed by atoms with Crippen LogP contribution in [0.2, 0.25) is 0 Å². The average molecular weight is 413 g/mol. The van der Waals surface area contributed by atoms with Crippen molar-refractivity contribution >= 4 is 40.9 Å². The first-order valence-corrected chi connectivity index (χ1v) is 9.28. The van der Waals surface area contributed by atoms with Crippen molar-refractivity contribution in [2.45, 2.75) is 58.2 Å². The maximum absolute atomic E-state index is 6.23. The van der Waals surface area contributed by atoms with Crippen LogP contribution in [-0.4, -0.2) is 31.4 Å². The molecule has 0 saturated carbocycles. The first kappa shape index (κ1) is 16.6. The Kier molecular flexibility index (Phi) is 4.51. The monoisotopic (exact) mass is 413 g/mol. The van der Waals surface area contributed by atoms with Gasteiger partial charge in [0.2, 0.25) is 0 Å². The van der Waals surface area contributed by atoms with Crippen LogP contribution < -0.4 is 10.4 Å². The fraction of sp³-hybridized carbons (Fsp3) is 0.647. The molecule has 2 saturated heterocycles. The first-order chi connectivity index (χ1) is 10.3. The highest BCUT2D eigenvalue weighted by Gasteiger charge is 2.52. The first-order valence-electron chi connectivity index (χ1n) is 8.20. The van der Waals surface area contributed by atoms with Gasteiger partial charge in [-0.25, -0.2) is 0 Å². The molecule has 0 atom stereocenters. The number of halogens is 1. The van der Waals surface area contributed by atoms with Crippen LogP contribution in [0.25, 0.3) is 0 Å². The summed E-state index contributed by atoms with van der Waals surface area (Å²) in [6, 6.07) is 6.67. The predicted molar refractivity (Wildman–Crippen MR) is 101 cm³/mol. The van der Waals surface area contributed by atoms with Crippen LogP contribution in [0.5, 0.6) is 0 Å². The maximum Gasteiger partial charge on any atom is 0.496 e. The molecule has 1 aromatic carbocycles. The van der Waals surface area contributed by atoms with Gasteiger partial charge in [-0.3, -0.25) is 0 Å². The third kappa shape index (κ3) is 3.04. The van der Waals surface area contributed by atoms with Crippen molar-refractivity contribution in [2.24, 2.45) is 0 Å². The van der Waals surface area contributed by atoms with Crippen LogP contribution in [0.15, 0.2) is 18.2 Å². The Balaban J connectivity index is 1.88.